The van der Waals surface area contributed by atoms with Gasteiger partial charge in [0.1, 0.15) is 11.5 Å². The molecular weight excluding hydrogens is 382 g/mol. The lowest BCUT2D eigenvalue weighted by Crippen LogP contribution is -2.35. The van der Waals surface area contributed by atoms with E-state index >= 15 is 0 Å². The molecule has 3 aromatic rings. The van der Waals surface area contributed by atoms with Crippen LogP contribution in [-0.2, 0) is 16.9 Å². The largest absolute Gasteiger partial charge is 0.383 e. The molecule has 1 atom stereocenters. The van der Waals surface area contributed by atoms with E-state index in [1.807, 2.05) is 42.6 Å². The highest BCUT2D eigenvalue weighted by molar-refractivity contribution is 5.87. The van der Waals surface area contributed by atoms with Gasteiger partial charge < -0.3 is 25.2 Å². The number of carbonyl (C=O) groups excluding carboxylic acids is 1. The summed E-state index contributed by atoms with van der Waals surface area (Å²) >= 11 is 0. The Labute approximate surface area is 173 Å². The molecule has 1 amide bonds. The summed E-state index contributed by atoms with van der Waals surface area (Å²) in [5.74, 6) is 0.323. The molecule has 2 aliphatic rings. The van der Waals surface area contributed by atoms with Crippen LogP contribution in [0.25, 0.3) is 17.3 Å². The molecule has 8 nitrogen and oxygen atoms in total. The predicted molar refractivity (Wildman–Crippen MR) is 112 cm³/mol. The van der Waals surface area contributed by atoms with Crippen molar-refractivity contribution in [3.8, 4) is 11.3 Å². The van der Waals surface area contributed by atoms with Crippen LogP contribution in [0.5, 0.6) is 0 Å². The van der Waals surface area contributed by atoms with E-state index in [-0.39, 0.29) is 18.1 Å². The number of hydrogen-bond donors (Lipinski definition) is 2. The molecule has 0 aliphatic carbocycles. The van der Waals surface area contributed by atoms with Crippen LogP contribution in [0.1, 0.15) is 23.3 Å². The molecule has 8 heteroatoms. The summed E-state index contributed by atoms with van der Waals surface area (Å²) < 4.78 is 5.37. The lowest BCUT2D eigenvalue weighted by atomic mass is 9.98. The van der Waals surface area contributed by atoms with Crippen LogP contribution >= 0.6 is 0 Å². The van der Waals surface area contributed by atoms with Gasteiger partial charge in [-0.2, -0.15) is 0 Å². The van der Waals surface area contributed by atoms with Crippen LogP contribution in [0.4, 0.5) is 11.5 Å². The summed E-state index contributed by atoms with van der Waals surface area (Å²) in [5, 5.41) is 14.9. The molecule has 5 rings (SSSR count). The minimum atomic E-state index is -1.65. The van der Waals surface area contributed by atoms with Crippen molar-refractivity contribution in [2.24, 2.45) is 0 Å². The molecule has 0 unspecified atom stereocenters. The predicted octanol–water partition coefficient (Wildman–Crippen LogP) is 2.36. The van der Waals surface area contributed by atoms with Crippen molar-refractivity contribution in [3.63, 3.8) is 0 Å². The van der Waals surface area contributed by atoms with Crippen molar-refractivity contribution in [1.82, 2.24) is 15.0 Å². The van der Waals surface area contributed by atoms with Crippen molar-refractivity contribution in [1.29, 1.82) is 0 Å². The number of aromatic nitrogens is 2. The fourth-order valence-corrected chi connectivity index (χ4v) is 3.96. The Balaban J connectivity index is 1.44. The van der Waals surface area contributed by atoms with Gasteiger partial charge in [0, 0.05) is 55.3 Å². The normalized spacial score (nSPS) is 20.7. The molecule has 0 spiro atoms. The van der Waals surface area contributed by atoms with Gasteiger partial charge in [0.05, 0.1) is 6.54 Å². The minimum Gasteiger partial charge on any atom is -0.383 e. The highest BCUT2D eigenvalue weighted by atomic mass is 16.5. The molecule has 1 saturated heterocycles. The number of likely N-dealkylation sites (N-methyl/N-ethyl adjacent to an activating group) is 1. The SMILES string of the molecule is CN1CC[C@@](O)(c2cc(-c3cccc(N4C=Cc5ccnc(N)c5C4)c3)no2)C1=O. The van der Waals surface area contributed by atoms with E-state index in [0.717, 1.165) is 22.4 Å². The monoisotopic (exact) mass is 403 g/mol. The van der Waals surface area contributed by atoms with Crippen LogP contribution in [-0.4, -0.2) is 39.6 Å². The number of nitrogens with two attached hydrogens (primary N) is 1. The number of amides is 1. The lowest BCUT2D eigenvalue weighted by molar-refractivity contribution is -0.144. The summed E-state index contributed by atoms with van der Waals surface area (Å²) in [6.07, 6.45) is 6.00. The fraction of sp³-hybridized carbons (Fsp3) is 0.227. The average Bonchev–Trinajstić information content (AvgIpc) is 3.37. The number of anilines is 2. The van der Waals surface area contributed by atoms with E-state index in [1.54, 1.807) is 19.3 Å². The lowest BCUT2D eigenvalue weighted by Gasteiger charge is -2.26. The van der Waals surface area contributed by atoms with Crippen molar-refractivity contribution >= 4 is 23.5 Å². The van der Waals surface area contributed by atoms with Gasteiger partial charge in [-0.1, -0.05) is 17.3 Å². The molecule has 0 radical (unpaired) electrons. The maximum absolute atomic E-state index is 12.3. The first-order valence-corrected chi connectivity index (χ1v) is 9.69. The Hall–Kier alpha value is -3.65. The summed E-state index contributed by atoms with van der Waals surface area (Å²) in [6.45, 7) is 1.08. The zero-order valence-electron chi connectivity index (χ0n) is 16.4. The van der Waals surface area contributed by atoms with Crippen LogP contribution in [0.15, 0.2) is 53.3 Å². The molecule has 152 valence electrons. The first-order chi connectivity index (χ1) is 14.5. The average molecular weight is 403 g/mol. The van der Waals surface area contributed by atoms with Crippen LogP contribution in [0.3, 0.4) is 0 Å². The van der Waals surface area contributed by atoms with Crippen molar-refractivity contribution in [3.05, 3.63) is 65.7 Å². The Morgan fingerprint density at radius 3 is 2.93 bits per heavy atom. The van der Waals surface area contributed by atoms with E-state index in [4.69, 9.17) is 10.3 Å². The van der Waals surface area contributed by atoms with E-state index in [2.05, 4.69) is 15.0 Å². The Morgan fingerprint density at radius 1 is 1.27 bits per heavy atom. The number of rotatable bonds is 3. The molecule has 2 aromatic heterocycles. The van der Waals surface area contributed by atoms with E-state index in [1.165, 1.54) is 4.90 Å². The third-order valence-corrected chi connectivity index (χ3v) is 5.79. The van der Waals surface area contributed by atoms with Gasteiger partial charge in [-0.15, -0.1) is 0 Å². The number of carbonyl (C=O) groups is 1. The van der Waals surface area contributed by atoms with E-state index in [0.29, 0.717) is 24.6 Å². The Morgan fingerprint density at radius 2 is 2.13 bits per heavy atom. The van der Waals surface area contributed by atoms with Crippen LogP contribution in [0.2, 0.25) is 0 Å². The third kappa shape index (κ3) is 2.84. The van der Waals surface area contributed by atoms with Gasteiger partial charge in [-0.3, -0.25) is 4.79 Å². The molecule has 0 bridgehead atoms. The number of fused-ring (bicyclic) bond motifs is 1. The Bertz CT molecular complexity index is 1170. The smallest absolute Gasteiger partial charge is 0.262 e. The summed E-state index contributed by atoms with van der Waals surface area (Å²) in [5.41, 5.74) is 8.79. The van der Waals surface area contributed by atoms with Gasteiger partial charge in [-0.05, 0) is 29.8 Å². The molecule has 2 aliphatic heterocycles. The number of likely N-dealkylation sites (tertiary alicyclic amines) is 1. The highest BCUT2D eigenvalue weighted by Gasteiger charge is 2.48. The number of pyridine rings is 1. The molecule has 0 saturated carbocycles. The first-order valence-electron chi connectivity index (χ1n) is 9.69. The van der Waals surface area contributed by atoms with Crippen LogP contribution in [0, 0.1) is 0 Å². The number of aliphatic hydroxyl groups is 1. The van der Waals surface area contributed by atoms with Crippen molar-refractivity contribution in [2.75, 3.05) is 24.2 Å². The Kier molecular flexibility index (Phi) is 4.11. The van der Waals surface area contributed by atoms with E-state index < -0.39 is 5.60 Å². The quantitative estimate of drug-likeness (QED) is 0.691. The molecule has 3 N–H and O–H groups in total. The van der Waals surface area contributed by atoms with Gasteiger partial charge in [0.2, 0.25) is 5.60 Å². The van der Waals surface area contributed by atoms with Crippen molar-refractivity contribution in [2.45, 2.75) is 18.6 Å². The molecule has 4 heterocycles. The summed E-state index contributed by atoms with van der Waals surface area (Å²) in [4.78, 5) is 20.1. The van der Waals surface area contributed by atoms with Crippen molar-refractivity contribution < 1.29 is 14.4 Å². The standard InChI is InChI=1S/C22H21N5O3/c1-26-10-7-22(29,21(26)28)19-12-18(25-30-19)15-3-2-4-16(11-15)27-9-6-14-5-8-24-20(23)17(14)13-27/h2-6,8-9,11-12,29H,7,10,13H2,1H3,(H2,23,24)/t22-/m1/s1. The van der Waals surface area contributed by atoms with Gasteiger partial charge in [-0.25, -0.2) is 4.98 Å². The van der Waals surface area contributed by atoms with E-state index in [9.17, 15) is 9.90 Å². The molecule has 30 heavy (non-hydrogen) atoms. The zero-order valence-corrected chi connectivity index (χ0v) is 16.4. The highest BCUT2D eigenvalue weighted by Crippen LogP contribution is 2.36. The maximum Gasteiger partial charge on any atom is 0.262 e. The maximum atomic E-state index is 12.3. The summed E-state index contributed by atoms with van der Waals surface area (Å²) in [7, 11) is 1.66. The second kappa shape index (κ2) is 6.70. The second-order valence-electron chi connectivity index (χ2n) is 7.67. The zero-order chi connectivity index (χ0) is 20.9. The molecular formula is C22H21N5O3. The van der Waals surface area contributed by atoms with Crippen LogP contribution < -0.4 is 10.6 Å². The second-order valence-corrected chi connectivity index (χ2v) is 7.67. The topological polar surface area (TPSA) is 109 Å². The third-order valence-electron chi connectivity index (χ3n) is 5.79. The minimum absolute atomic E-state index is 0.169. The number of hydrogen-bond acceptors (Lipinski definition) is 7. The van der Waals surface area contributed by atoms with Gasteiger partial charge in [0.25, 0.3) is 5.91 Å². The molecule has 1 aromatic carbocycles. The number of nitrogens with zero attached hydrogens (tertiary/aromatic N) is 4. The summed E-state index contributed by atoms with van der Waals surface area (Å²) in [6, 6.07) is 11.4. The first kappa shape index (κ1) is 18.4. The number of nitrogen functional groups attached to an aromatic ring is 1. The molecule has 1 fully saturated rings. The van der Waals surface area contributed by atoms with Gasteiger partial charge >= 0.3 is 0 Å². The van der Waals surface area contributed by atoms with Gasteiger partial charge in [0.15, 0.2) is 5.76 Å². The fourth-order valence-electron chi connectivity index (χ4n) is 3.96. The number of benzene rings is 1.